The highest BCUT2D eigenvalue weighted by atomic mass is 35.5. The van der Waals surface area contributed by atoms with Crippen LogP contribution in [0.15, 0.2) is 36.4 Å². The zero-order valence-corrected chi connectivity index (χ0v) is 14.1. The van der Waals surface area contributed by atoms with Crippen molar-refractivity contribution in [1.29, 1.82) is 0 Å². The Balaban J connectivity index is 2.15. The average molecular weight is 303 g/mol. The van der Waals surface area contributed by atoms with Crippen LogP contribution < -0.4 is 5.32 Å². The van der Waals surface area contributed by atoms with Crippen LogP contribution in [0.3, 0.4) is 0 Å². The summed E-state index contributed by atoms with van der Waals surface area (Å²) < 4.78 is 0. The highest BCUT2D eigenvalue weighted by Gasteiger charge is 2.14. The van der Waals surface area contributed by atoms with Crippen LogP contribution in [0.2, 0.25) is 5.15 Å². The van der Waals surface area contributed by atoms with Gasteiger partial charge in [-0.05, 0) is 42.5 Å². The Labute approximate surface area is 132 Å². The molecule has 0 bridgehead atoms. The van der Waals surface area contributed by atoms with E-state index in [2.05, 4.69) is 62.3 Å². The smallest absolute Gasteiger partial charge is 0.129 e. The van der Waals surface area contributed by atoms with Gasteiger partial charge in [0.2, 0.25) is 0 Å². The fourth-order valence-corrected chi connectivity index (χ4v) is 2.46. The van der Waals surface area contributed by atoms with E-state index in [9.17, 15) is 0 Å². The molecule has 0 saturated heterocycles. The van der Waals surface area contributed by atoms with Crippen LogP contribution in [-0.4, -0.2) is 4.98 Å². The third-order valence-corrected chi connectivity index (χ3v) is 3.91. The van der Waals surface area contributed by atoms with Crippen LogP contribution in [-0.2, 0) is 5.41 Å². The second kappa shape index (κ2) is 6.07. The van der Waals surface area contributed by atoms with Gasteiger partial charge in [0.25, 0.3) is 0 Å². The SMILES string of the molecule is Cc1nc(Cl)ccc1NC(C)c1ccc(C(C)(C)C)cc1. The topological polar surface area (TPSA) is 24.9 Å². The summed E-state index contributed by atoms with van der Waals surface area (Å²) in [5.74, 6) is 0. The number of aryl methyl sites for hydroxylation is 1. The van der Waals surface area contributed by atoms with Crippen molar-refractivity contribution < 1.29 is 0 Å². The Bertz CT molecular complexity index is 612. The summed E-state index contributed by atoms with van der Waals surface area (Å²) in [6, 6.07) is 12.8. The largest absolute Gasteiger partial charge is 0.377 e. The highest BCUT2D eigenvalue weighted by Crippen LogP contribution is 2.26. The second-order valence-electron chi connectivity index (χ2n) is 6.50. The number of hydrogen-bond acceptors (Lipinski definition) is 2. The Morgan fingerprint density at radius 2 is 1.67 bits per heavy atom. The standard InChI is InChI=1S/C18H23ClN2/c1-12(20-16-10-11-17(19)21-13(16)2)14-6-8-15(9-7-14)18(3,4)5/h6-12,20H,1-5H3. The van der Waals surface area contributed by atoms with Crippen molar-refractivity contribution in [2.24, 2.45) is 0 Å². The van der Waals surface area contributed by atoms with E-state index in [0.29, 0.717) is 5.15 Å². The van der Waals surface area contributed by atoms with Crippen LogP contribution >= 0.6 is 11.6 Å². The number of anilines is 1. The minimum absolute atomic E-state index is 0.186. The third-order valence-electron chi connectivity index (χ3n) is 3.70. The summed E-state index contributed by atoms with van der Waals surface area (Å²) in [5.41, 5.74) is 4.74. The first-order valence-corrected chi connectivity index (χ1v) is 7.65. The van der Waals surface area contributed by atoms with Crippen LogP contribution in [0.4, 0.5) is 5.69 Å². The van der Waals surface area contributed by atoms with E-state index in [4.69, 9.17) is 11.6 Å². The molecule has 2 rings (SSSR count). The molecule has 0 spiro atoms. The Hall–Kier alpha value is -1.54. The molecule has 0 saturated carbocycles. The fraction of sp³-hybridized carbons (Fsp3) is 0.389. The van der Waals surface area contributed by atoms with Crippen LogP contribution in [0, 0.1) is 6.92 Å². The molecule has 112 valence electrons. The molecule has 1 heterocycles. The van der Waals surface area contributed by atoms with E-state index >= 15 is 0 Å². The van der Waals surface area contributed by atoms with E-state index in [-0.39, 0.29) is 11.5 Å². The van der Waals surface area contributed by atoms with Crippen molar-refractivity contribution in [2.75, 3.05) is 5.32 Å². The predicted octanol–water partition coefficient (Wildman–Crippen LogP) is 5.51. The van der Waals surface area contributed by atoms with Gasteiger partial charge in [-0.1, -0.05) is 56.6 Å². The maximum absolute atomic E-state index is 5.89. The third kappa shape index (κ3) is 3.98. The molecule has 1 N–H and O–H groups in total. The van der Waals surface area contributed by atoms with Crippen molar-refractivity contribution in [2.45, 2.75) is 46.1 Å². The summed E-state index contributed by atoms with van der Waals surface area (Å²) in [7, 11) is 0. The molecular weight excluding hydrogens is 280 g/mol. The molecule has 1 aromatic carbocycles. The summed E-state index contributed by atoms with van der Waals surface area (Å²) in [4.78, 5) is 4.27. The number of pyridine rings is 1. The maximum Gasteiger partial charge on any atom is 0.129 e. The Morgan fingerprint density at radius 1 is 1.05 bits per heavy atom. The summed E-state index contributed by atoms with van der Waals surface area (Å²) in [6.45, 7) is 10.8. The van der Waals surface area contributed by atoms with Crippen LogP contribution in [0.5, 0.6) is 0 Å². The number of rotatable bonds is 3. The first-order chi connectivity index (χ1) is 9.77. The normalized spacial score (nSPS) is 13.0. The quantitative estimate of drug-likeness (QED) is 0.756. The zero-order valence-electron chi connectivity index (χ0n) is 13.4. The Kier molecular flexibility index (Phi) is 4.58. The highest BCUT2D eigenvalue weighted by molar-refractivity contribution is 6.29. The summed E-state index contributed by atoms with van der Waals surface area (Å²) in [6.07, 6.45) is 0. The molecule has 0 aliphatic rings. The first kappa shape index (κ1) is 15.8. The molecule has 2 nitrogen and oxygen atoms in total. The lowest BCUT2D eigenvalue weighted by Gasteiger charge is -2.21. The van der Waals surface area contributed by atoms with E-state index in [0.717, 1.165) is 11.4 Å². The number of benzene rings is 1. The van der Waals surface area contributed by atoms with Gasteiger partial charge in [-0.3, -0.25) is 0 Å². The van der Waals surface area contributed by atoms with E-state index < -0.39 is 0 Å². The summed E-state index contributed by atoms with van der Waals surface area (Å²) in [5, 5.41) is 4.02. The second-order valence-corrected chi connectivity index (χ2v) is 6.89. The van der Waals surface area contributed by atoms with Gasteiger partial charge in [0.05, 0.1) is 11.4 Å². The first-order valence-electron chi connectivity index (χ1n) is 7.27. The predicted molar refractivity (Wildman–Crippen MR) is 91.2 cm³/mol. The molecule has 0 aliphatic heterocycles. The lowest BCUT2D eigenvalue weighted by molar-refractivity contribution is 0.589. The van der Waals surface area contributed by atoms with Crippen molar-refractivity contribution in [3.63, 3.8) is 0 Å². The minimum Gasteiger partial charge on any atom is -0.377 e. The lowest BCUT2D eigenvalue weighted by Crippen LogP contribution is -2.12. The van der Waals surface area contributed by atoms with Crippen molar-refractivity contribution in [3.8, 4) is 0 Å². The monoisotopic (exact) mass is 302 g/mol. The molecule has 2 aromatic rings. The molecule has 1 atom stereocenters. The maximum atomic E-state index is 5.89. The molecular formula is C18H23ClN2. The van der Waals surface area contributed by atoms with Gasteiger partial charge >= 0.3 is 0 Å². The zero-order chi connectivity index (χ0) is 15.6. The van der Waals surface area contributed by atoms with E-state index in [1.807, 2.05) is 19.1 Å². The number of nitrogens with zero attached hydrogens (tertiary/aromatic N) is 1. The molecule has 1 aromatic heterocycles. The average Bonchev–Trinajstić information content (AvgIpc) is 2.41. The van der Waals surface area contributed by atoms with Crippen LogP contribution in [0.1, 0.15) is 50.6 Å². The van der Waals surface area contributed by atoms with Gasteiger partial charge in [-0.15, -0.1) is 0 Å². The van der Waals surface area contributed by atoms with Crippen molar-refractivity contribution in [1.82, 2.24) is 4.98 Å². The van der Waals surface area contributed by atoms with Gasteiger partial charge in [0.15, 0.2) is 0 Å². The number of nitrogens with one attached hydrogen (secondary N) is 1. The molecule has 0 fully saturated rings. The van der Waals surface area contributed by atoms with E-state index in [1.165, 1.54) is 11.1 Å². The summed E-state index contributed by atoms with van der Waals surface area (Å²) >= 11 is 5.89. The number of hydrogen-bond donors (Lipinski definition) is 1. The van der Waals surface area contributed by atoms with Gasteiger partial charge in [-0.25, -0.2) is 4.98 Å². The molecule has 0 radical (unpaired) electrons. The van der Waals surface area contributed by atoms with E-state index in [1.54, 1.807) is 0 Å². The molecule has 1 unspecified atom stereocenters. The van der Waals surface area contributed by atoms with Crippen LogP contribution in [0.25, 0.3) is 0 Å². The fourth-order valence-electron chi connectivity index (χ4n) is 2.27. The van der Waals surface area contributed by atoms with Gasteiger partial charge in [0, 0.05) is 6.04 Å². The molecule has 21 heavy (non-hydrogen) atoms. The minimum atomic E-state index is 0.186. The number of aromatic nitrogens is 1. The van der Waals surface area contributed by atoms with Gasteiger partial charge < -0.3 is 5.32 Å². The van der Waals surface area contributed by atoms with Crippen molar-refractivity contribution in [3.05, 3.63) is 58.4 Å². The Morgan fingerprint density at radius 3 is 2.19 bits per heavy atom. The van der Waals surface area contributed by atoms with Crippen molar-refractivity contribution >= 4 is 17.3 Å². The number of halogens is 1. The molecule has 0 amide bonds. The molecule has 3 heteroatoms. The van der Waals surface area contributed by atoms with Gasteiger partial charge in [-0.2, -0.15) is 0 Å². The molecule has 0 aliphatic carbocycles. The lowest BCUT2D eigenvalue weighted by atomic mass is 9.86. The van der Waals surface area contributed by atoms with Gasteiger partial charge in [0.1, 0.15) is 5.15 Å².